The Hall–Kier alpha value is -6.48. The number of rotatable bonds is 14. The van der Waals surface area contributed by atoms with Crippen LogP contribution < -0.4 is 140 Å². The topological polar surface area (TPSA) is 315 Å². The summed E-state index contributed by atoms with van der Waals surface area (Å²) >= 11 is 12.6. The Morgan fingerprint density at radius 1 is 0.608 bits per heavy atom. The molecule has 0 bridgehead atoms. The van der Waals surface area contributed by atoms with Gasteiger partial charge in [-0.2, -0.15) is 8.42 Å². The Balaban J connectivity index is 0.000000317. The molecule has 23 nitrogen and oxygen atoms in total. The zero-order valence-corrected chi connectivity index (χ0v) is 64.3. The maximum absolute atomic E-state index is 13.1. The molecule has 2 fully saturated rings. The number of para-hydroxylation sites is 3. The van der Waals surface area contributed by atoms with Crippen molar-refractivity contribution in [3.63, 3.8) is 0 Å². The van der Waals surface area contributed by atoms with E-state index in [1.165, 1.54) is 0 Å². The van der Waals surface area contributed by atoms with Gasteiger partial charge in [-0.3, -0.25) is 25.0 Å². The molecule has 7 N–H and O–H groups in total. The monoisotopic (exact) mass is 1430 g/mol. The summed E-state index contributed by atoms with van der Waals surface area (Å²) in [5, 5.41) is 30.2. The van der Waals surface area contributed by atoms with Crippen molar-refractivity contribution in [2.75, 3.05) is 21.3 Å². The largest absolute Gasteiger partial charge is 1.00 e. The van der Waals surface area contributed by atoms with Gasteiger partial charge in [-0.05, 0) is 180 Å². The third-order valence-electron chi connectivity index (χ3n) is 15.3. The number of aromatic nitrogens is 6. The van der Waals surface area contributed by atoms with E-state index in [-0.39, 0.29) is 147 Å². The quantitative estimate of drug-likeness (QED) is 0.0239. The van der Waals surface area contributed by atoms with Gasteiger partial charge in [0.2, 0.25) is 11.9 Å². The maximum Gasteiger partial charge on any atom is 1.00 e. The fraction of sp³-hybridized carbons (Fsp3) is 0.319. The van der Waals surface area contributed by atoms with Gasteiger partial charge >= 0.3 is 127 Å². The van der Waals surface area contributed by atoms with Crippen LogP contribution in [0.5, 0.6) is 0 Å². The van der Waals surface area contributed by atoms with Crippen molar-refractivity contribution in [3.8, 4) is 28.2 Å². The zero-order chi connectivity index (χ0) is 68.4. The van der Waals surface area contributed by atoms with Crippen LogP contribution >= 0.6 is 23.2 Å². The first kappa shape index (κ1) is 79.5. The van der Waals surface area contributed by atoms with Gasteiger partial charge in [-0.15, -0.1) is 0 Å². The van der Waals surface area contributed by atoms with Crippen LogP contribution in [0.2, 0.25) is 10.0 Å². The van der Waals surface area contributed by atoms with Crippen LogP contribution in [-0.4, -0.2) is 104 Å². The Kier molecular flexibility index (Phi) is 30.9. The molecule has 0 unspecified atom stereocenters. The number of aromatic amines is 1. The zero-order valence-electron chi connectivity index (χ0n) is 56.7. The van der Waals surface area contributed by atoms with Crippen LogP contribution in [0.25, 0.3) is 50.0 Å². The predicted molar refractivity (Wildman–Crippen MR) is 367 cm³/mol. The second-order valence-electron chi connectivity index (χ2n) is 24.6. The molecule has 9 aromatic rings. The van der Waals surface area contributed by atoms with E-state index in [0.29, 0.717) is 55.8 Å². The van der Waals surface area contributed by atoms with E-state index in [1.807, 2.05) is 55.5 Å². The Bertz CT molecular complexity index is 4200. The number of ether oxygens (including phenoxy) is 2. The molecule has 0 spiro atoms. The average Bonchev–Trinajstić information content (AvgIpc) is 1.60. The van der Waals surface area contributed by atoms with Crippen molar-refractivity contribution in [1.29, 1.82) is 0 Å². The summed E-state index contributed by atoms with van der Waals surface area (Å²) in [5.74, 6) is 0.707. The molecule has 2 saturated carbocycles. The number of anilines is 4. The van der Waals surface area contributed by atoms with E-state index in [0.717, 1.165) is 101 Å². The van der Waals surface area contributed by atoms with Crippen LogP contribution in [0, 0.1) is 13.8 Å². The van der Waals surface area contributed by atoms with Crippen molar-refractivity contribution >= 4 is 110 Å². The van der Waals surface area contributed by atoms with Gasteiger partial charge < -0.3 is 51.9 Å². The van der Waals surface area contributed by atoms with E-state index in [1.54, 1.807) is 102 Å². The Morgan fingerprint density at radius 2 is 1.02 bits per heavy atom. The molecule has 4 aromatic heterocycles. The number of amides is 4. The van der Waals surface area contributed by atoms with E-state index in [4.69, 9.17) is 61.1 Å². The number of aryl methyl sites for hydroxylation is 1. The smallest absolute Gasteiger partial charge is 1.00 e. The van der Waals surface area contributed by atoms with Crippen molar-refractivity contribution in [2.45, 2.75) is 142 Å². The third-order valence-corrected chi connectivity index (χ3v) is 15.8. The minimum absolute atomic E-state index is 0. The van der Waals surface area contributed by atoms with Crippen LogP contribution in [-0.2, 0) is 30.7 Å². The number of nitrogens with zero attached hydrogens (tertiary/aromatic N) is 5. The molecule has 11 rings (SSSR count). The molecule has 2 aliphatic carbocycles. The van der Waals surface area contributed by atoms with Crippen molar-refractivity contribution in [2.24, 2.45) is 0 Å². The number of nitrogens with one attached hydrogen (secondary N) is 7. The number of H-pyrrole nitrogens is 1. The van der Waals surface area contributed by atoms with Gasteiger partial charge in [0.05, 0.1) is 39.3 Å². The molecule has 5 aromatic carbocycles. The summed E-state index contributed by atoms with van der Waals surface area (Å²) in [6.07, 6.45) is 9.27. The summed E-state index contributed by atoms with van der Waals surface area (Å²) in [5.41, 5.74) is 9.49. The van der Waals surface area contributed by atoms with Crippen LogP contribution in [0.1, 0.15) is 126 Å². The molecular formula is C69H76Cl2K2N12O11S. The Labute approximate surface area is 662 Å². The molecule has 4 atom stereocenters. The first-order valence-electron chi connectivity index (χ1n) is 30.7. The minimum Gasteiger partial charge on any atom is -1.00 e. The van der Waals surface area contributed by atoms with Crippen LogP contribution in [0.15, 0.2) is 140 Å². The van der Waals surface area contributed by atoms with E-state index in [9.17, 15) is 19.2 Å². The van der Waals surface area contributed by atoms with Crippen molar-refractivity contribution in [1.82, 2.24) is 40.1 Å². The number of halogens is 2. The maximum atomic E-state index is 13.1. The van der Waals surface area contributed by atoms with Crippen molar-refractivity contribution in [3.05, 3.63) is 172 Å². The van der Waals surface area contributed by atoms with E-state index in [2.05, 4.69) is 93.6 Å². The SMILES string of the molecule is Cc1[nH]c2ccccc2c1-c1nc(N[C@@H]2CCC[C@H](NC(=O)c3ccc(NC(=O)OC(C)(C)C)cc3)C2)ncc1Cl.Cc1c(-c2nc(N[C@@H]3CCC[C@H](NC(=O)c4ccc(NC(=O)OC(C)(C)C)cc4)C3)ncc2Cl)c2ccccc2n1-c1ccccc1.O=CO[O-].O=S=O.[H-].[K+].[K+]. The fourth-order valence-electron chi connectivity index (χ4n) is 11.4. The van der Waals surface area contributed by atoms with Crippen molar-refractivity contribution < 1.29 is 156 Å². The van der Waals surface area contributed by atoms with Gasteiger partial charge in [0.1, 0.15) is 11.2 Å². The molecule has 500 valence electrons. The number of carbonyl (C=O) groups excluding carboxylic acids is 5. The summed E-state index contributed by atoms with van der Waals surface area (Å²) in [6, 6.07) is 40.3. The predicted octanol–water partition coefficient (Wildman–Crippen LogP) is 7.52. The summed E-state index contributed by atoms with van der Waals surface area (Å²) in [4.78, 5) is 83.5. The molecule has 4 heterocycles. The number of hydrogen-bond acceptors (Lipinski definition) is 17. The molecule has 0 aliphatic heterocycles. The summed E-state index contributed by atoms with van der Waals surface area (Å²) in [6.45, 7) is 14.7. The molecule has 28 heteroatoms. The van der Waals surface area contributed by atoms with Gasteiger partial charge in [0.25, 0.3) is 18.3 Å². The normalized spacial score (nSPS) is 15.6. The van der Waals surface area contributed by atoms with Gasteiger partial charge in [-0.25, -0.2) is 29.5 Å². The second kappa shape index (κ2) is 37.6. The number of benzene rings is 5. The van der Waals surface area contributed by atoms with E-state index < -0.39 is 35.0 Å². The number of fused-ring (bicyclic) bond motifs is 2. The molecule has 0 radical (unpaired) electrons. The Morgan fingerprint density at radius 3 is 1.47 bits per heavy atom. The molecular weight excluding hydrogens is 1350 g/mol. The van der Waals surface area contributed by atoms with Crippen LogP contribution in [0.4, 0.5) is 32.9 Å². The molecule has 4 amide bonds. The van der Waals surface area contributed by atoms with Crippen LogP contribution in [0.3, 0.4) is 0 Å². The second-order valence-corrected chi connectivity index (χ2v) is 25.6. The average molecular weight is 1430 g/mol. The number of carbonyl (C=O) groups is 5. The minimum atomic E-state index is -0.750. The van der Waals surface area contributed by atoms with Gasteiger partial charge in [0, 0.05) is 91.2 Å². The first-order valence-corrected chi connectivity index (χ1v) is 32.1. The first-order chi connectivity index (χ1) is 45.4. The standard InChI is InChI=1S/C37H39ClN6O3.C31H35ClN6O3.CH2O3.2K.O2S.H/c1-23-32(29-15-8-9-16-31(29)44(23)28-13-6-5-7-14-28)33-30(38)22-39-35(43-33)41-27-12-10-11-26(21-27)40-34(45)24-17-19-25(20-18-24)42-36(46)47-37(2,3)4;1-18-26(23-10-5-6-11-25(23)34-18)27-24(32)17-33-29(38-27)36-22-9-7-8-21(16-22)35-28(39)19-12-14-20(15-13-19)37-30(40)41-31(2,3)4;2-1-4-3;;;1-3-2;/h5-9,13-20,22,26-27H,10-12,21H2,1-4H3,(H,40,45)(H,42,46)(H,39,41,43);5-6,10-15,17,21-22,34H,7-9,16H2,1-4H3,(H,35,39)(H,37,40)(H,33,36,38);1,3H;;;;/q;;;2*+1;;-1/p-1/t26-,27+;21-,22+;;;;;/m00...../s1. The molecule has 97 heavy (non-hydrogen) atoms. The third kappa shape index (κ3) is 23.0. The summed E-state index contributed by atoms with van der Waals surface area (Å²) in [7, 11) is 0. The van der Waals surface area contributed by atoms with Gasteiger partial charge in [0.15, 0.2) is 0 Å². The number of hydrogen-bond donors (Lipinski definition) is 7. The molecule has 0 saturated heterocycles. The van der Waals surface area contributed by atoms with Gasteiger partial charge in [-0.1, -0.05) is 77.8 Å². The molecule has 2 aliphatic rings. The van der Waals surface area contributed by atoms with E-state index >= 15 is 0 Å². The fourth-order valence-corrected chi connectivity index (χ4v) is 11.8. The summed E-state index contributed by atoms with van der Waals surface area (Å²) < 4.78 is 29.4.